The molecule has 152 valence electrons. The van der Waals surface area contributed by atoms with Crippen molar-refractivity contribution in [2.24, 2.45) is 17.2 Å². The van der Waals surface area contributed by atoms with E-state index in [0.717, 1.165) is 0 Å². The van der Waals surface area contributed by atoms with Crippen LogP contribution in [0.3, 0.4) is 0 Å². The van der Waals surface area contributed by atoms with E-state index in [0.29, 0.717) is 57.4 Å². The lowest BCUT2D eigenvalue weighted by atomic mass is 10.1. The Hall–Kier alpha value is -1.36. The molecule has 0 aromatic rings. The topological polar surface area (TPSA) is 174 Å². The molecule has 0 aromatic heterocycles. The normalized spacial score (nSPS) is 14.3. The van der Waals surface area contributed by atoms with E-state index in [9.17, 15) is 19.5 Å². The summed E-state index contributed by atoms with van der Waals surface area (Å²) in [6, 6.07) is -2.58. The van der Waals surface area contributed by atoms with Gasteiger partial charge in [0.1, 0.15) is 12.1 Å². The number of amides is 2. The maximum Gasteiger partial charge on any atom is 0.326 e. The van der Waals surface area contributed by atoms with Crippen LogP contribution in [0.1, 0.15) is 38.5 Å². The molecular weight excluding hydrogens is 358 g/mol. The molecule has 9 nitrogen and oxygen atoms in total. The van der Waals surface area contributed by atoms with Crippen molar-refractivity contribution in [1.29, 1.82) is 0 Å². The van der Waals surface area contributed by atoms with Crippen molar-refractivity contribution in [3.05, 3.63) is 0 Å². The smallest absolute Gasteiger partial charge is 0.326 e. The molecule has 0 aliphatic rings. The molecule has 0 rings (SSSR count). The second kappa shape index (κ2) is 14.8. The van der Waals surface area contributed by atoms with Crippen molar-refractivity contribution in [3.8, 4) is 0 Å². The maximum atomic E-state index is 12.5. The van der Waals surface area contributed by atoms with E-state index in [4.69, 9.17) is 17.2 Å². The molecule has 9 N–H and O–H groups in total. The molecule has 0 aliphatic heterocycles. The first kappa shape index (κ1) is 24.6. The van der Waals surface area contributed by atoms with Crippen LogP contribution < -0.4 is 27.8 Å². The van der Waals surface area contributed by atoms with Crippen LogP contribution in [0.25, 0.3) is 0 Å². The van der Waals surface area contributed by atoms with Gasteiger partial charge in [-0.1, -0.05) is 0 Å². The largest absolute Gasteiger partial charge is 0.480 e. The lowest BCUT2D eigenvalue weighted by Crippen LogP contribution is -2.54. The number of nitrogens with one attached hydrogen (secondary N) is 2. The number of carboxylic acids is 1. The SMILES string of the molecule is CSCCC(NC(=O)C(CCCCN)NC(=O)C(N)CCCN)C(=O)O. The summed E-state index contributed by atoms with van der Waals surface area (Å²) in [4.78, 5) is 36.0. The summed E-state index contributed by atoms with van der Waals surface area (Å²) in [5.74, 6) is -1.46. The number of carbonyl (C=O) groups is 3. The quantitative estimate of drug-likeness (QED) is 0.192. The fraction of sp³-hybridized carbons (Fsp3) is 0.812. The number of nitrogens with two attached hydrogens (primary N) is 3. The average molecular weight is 392 g/mol. The highest BCUT2D eigenvalue weighted by atomic mass is 32.2. The molecule has 3 unspecified atom stereocenters. The van der Waals surface area contributed by atoms with Crippen molar-refractivity contribution >= 4 is 29.5 Å². The average Bonchev–Trinajstić information content (AvgIpc) is 2.61. The van der Waals surface area contributed by atoms with Gasteiger partial charge in [-0.15, -0.1) is 0 Å². The molecule has 0 aliphatic carbocycles. The second-order valence-corrected chi connectivity index (χ2v) is 7.05. The number of unbranched alkanes of at least 4 members (excludes halogenated alkanes) is 1. The van der Waals surface area contributed by atoms with Crippen LogP contribution in [0.2, 0.25) is 0 Å². The van der Waals surface area contributed by atoms with Crippen LogP contribution in [-0.2, 0) is 14.4 Å². The van der Waals surface area contributed by atoms with Gasteiger partial charge in [0.05, 0.1) is 6.04 Å². The van der Waals surface area contributed by atoms with Gasteiger partial charge >= 0.3 is 5.97 Å². The second-order valence-electron chi connectivity index (χ2n) is 6.06. The highest BCUT2D eigenvalue weighted by Gasteiger charge is 2.27. The first-order valence-corrected chi connectivity index (χ1v) is 10.2. The number of hydrogen-bond acceptors (Lipinski definition) is 7. The zero-order valence-electron chi connectivity index (χ0n) is 15.4. The molecule has 3 atom stereocenters. The Labute approximate surface area is 159 Å². The maximum absolute atomic E-state index is 12.5. The Morgan fingerprint density at radius 2 is 1.54 bits per heavy atom. The third-order valence-corrected chi connectivity index (χ3v) is 4.51. The zero-order valence-corrected chi connectivity index (χ0v) is 16.2. The molecule has 0 spiro atoms. The number of carbonyl (C=O) groups excluding carboxylic acids is 2. The summed E-state index contributed by atoms with van der Waals surface area (Å²) < 4.78 is 0. The Bertz CT molecular complexity index is 439. The highest BCUT2D eigenvalue weighted by Crippen LogP contribution is 2.06. The minimum atomic E-state index is -1.10. The molecule has 0 heterocycles. The van der Waals surface area contributed by atoms with Gasteiger partial charge in [-0.25, -0.2) is 4.79 Å². The summed E-state index contributed by atoms with van der Waals surface area (Å²) in [7, 11) is 0. The van der Waals surface area contributed by atoms with Crippen molar-refractivity contribution in [1.82, 2.24) is 10.6 Å². The Morgan fingerprint density at radius 3 is 2.08 bits per heavy atom. The van der Waals surface area contributed by atoms with E-state index < -0.39 is 35.9 Å². The van der Waals surface area contributed by atoms with Crippen LogP contribution in [-0.4, -0.2) is 66.1 Å². The van der Waals surface area contributed by atoms with E-state index in [1.54, 1.807) is 0 Å². The fourth-order valence-corrected chi connectivity index (χ4v) is 2.75. The Balaban J connectivity index is 4.88. The number of carboxylic acid groups (broad SMARTS) is 1. The van der Waals surface area contributed by atoms with Gasteiger partial charge in [0, 0.05) is 0 Å². The van der Waals surface area contributed by atoms with Crippen LogP contribution in [0.5, 0.6) is 0 Å². The van der Waals surface area contributed by atoms with Crippen molar-refractivity contribution in [3.63, 3.8) is 0 Å². The lowest BCUT2D eigenvalue weighted by Gasteiger charge is -2.23. The van der Waals surface area contributed by atoms with E-state index in [2.05, 4.69) is 10.6 Å². The number of rotatable bonds is 15. The molecule has 0 saturated heterocycles. The van der Waals surface area contributed by atoms with Gasteiger partial charge in [0.2, 0.25) is 11.8 Å². The minimum Gasteiger partial charge on any atom is -0.480 e. The van der Waals surface area contributed by atoms with E-state index >= 15 is 0 Å². The molecule has 0 saturated carbocycles. The first-order valence-electron chi connectivity index (χ1n) is 8.85. The van der Waals surface area contributed by atoms with Crippen molar-refractivity contribution in [2.45, 2.75) is 56.7 Å². The fourth-order valence-electron chi connectivity index (χ4n) is 2.27. The lowest BCUT2D eigenvalue weighted by molar-refractivity contribution is -0.142. The summed E-state index contributed by atoms with van der Waals surface area (Å²) in [6.07, 6.45) is 4.90. The highest BCUT2D eigenvalue weighted by molar-refractivity contribution is 7.98. The van der Waals surface area contributed by atoms with Gasteiger partial charge in [0.25, 0.3) is 0 Å². The summed E-state index contributed by atoms with van der Waals surface area (Å²) in [6.45, 7) is 0.904. The Morgan fingerprint density at radius 1 is 0.923 bits per heavy atom. The molecule has 10 heteroatoms. The predicted octanol–water partition coefficient (Wildman–Crippen LogP) is -1.01. The van der Waals surface area contributed by atoms with Crippen molar-refractivity contribution in [2.75, 3.05) is 25.1 Å². The molecule has 0 fully saturated rings. The van der Waals surface area contributed by atoms with Gasteiger partial charge in [0.15, 0.2) is 0 Å². The van der Waals surface area contributed by atoms with Crippen LogP contribution in [0.4, 0.5) is 0 Å². The molecule has 2 amide bonds. The zero-order chi connectivity index (χ0) is 19.9. The standard InChI is InChI=1S/C16H33N5O4S/c1-26-10-7-13(16(24)25)21-15(23)12(6-2-3-8-17)20-14(22)11(19)5-4-9-18/h11-13H,2-10,17-19H2,1H3,(H,20,22)(H,21,23)(H,24,25). The molecule has 0 radical (unpaired) electrons. The van der Waals surface area contributed by atoms with Crippen molar-refractivity contribution < 1.29 is 19.5 Å². The number of aliphatic carboxylic acids is 1. The summed E-state index contributed by atoms with van der Waals surface area (Å²) >= 11 is 1.50. The van der Waals surface area contributed by atoms with Crippen LogP contribution >= 0.6 is 11.8 Å². The predicted molar refractivity (Wildman–Crippen MR) is 104 cm³/mol. The van der Waals surface area contributed by atoms with E-state index in [-0.39, 0.29) is 0 Å². The van der Waals surface area contributed by atoms with Gasteiger partial charge in [-0.2, -0.15) is 11.8 Å². The number of thioether (sulfide) groups is 1. The Kier molecular flexibility index (Phi) is 14.0. The van der Waals surface area contributed by atoms with Gasteiger partial charge in [-0.05, 0) is 63.6 Å². The third kappa shape index (κ3) is 10.6. The number of hydrogen-bond donors (Lipinski definition) is 6. The minimum absolute atomic E-state index is 0.307. The van der Waals surface area contributed by atoms with Crippen LogP contribution in [0, 0.1) is 0 Å². The molecule has 0 bridgehead atoms. The summed E-state index contributed by atoms with van der Waals surface area (Å²) in [5.41, 5.74) is 16.7. The summed E-state index contributed by atoms with van der Waals surface area (Å²) in [5, 5.41) is 14.4. The monoisotopic (exact) mass is 391 g/mol. The molecule has 0 aromatic carbocycles. The van der Waals surface area contributed by atoms with Gasteiger partial charge < -0.3 is 32.9 Å². The third-order valence-electron chi connectivity index (χ3n) is 3.86. The molecule has 26 heavy (non-hydrogen) atoms. The van der Waals surface area contributed by atoms with Gasteiger partial charge in [-0.3, -0.25) is 9.59 Å². The van der Waals surface area contributed by atoms with E-state index in [1.807, 2.05) is 6.26 Å². The van der Waals surface area contributed by atoms with Crippen LogP contribution in [0.15, 0.2) is 0 Å². The molecular formula is C16H33N5O4S. The van der Waals surface area contributed by atoms with E-state index in [1.165, 1.54) is 11.8 Å². The first-order chi connectivity index (χ1) is 12.4.